The molecule has 166 valence electrons. The topological polar surface area (TPSA) is 86.7 Å². The molecule has 3 rings (SSSR count). The molecular weight excluding hydrogens is 506 g/mol. The molecule has 7 nitrogen and oxygen atoms in total. The number of fused-ring (bicyclic) bond motifs is 1. The second-order valence-corrected chi connectivity index (χ2v) is 9.43. The molecule has 9 heteroatoms. The average Bonchev–Trinajstić information content (AvgIpc) is 2.76. The zero-order valence-electron chi connectivity index (χ0n) is 18.1. The Morgan fingerprint density at radius 1 is 1.39 bits per heavy atom. The normalized spacial score (nSPS) is 19.0. The Kier molecular flexibility index (Phi) is 8.56. The van der Waals surface area contributed by atoms with Crippen molar-refractivity contribution in [1.82, 2.24) is 13.8 Å². The number of rotatable bonds is 8. The second kappa shape index (κ2) is 11.1. The van der Waals surface area contributed by atoms with Crippen molar-refractivity contribution in [2.45, 2.75) is 45.5 Å². The van der Waals surface area contributed by atoms with Crippen molar-refractivity contribution in [2.24, 2.45) is 5.92 Å². The van der Waals surface area contributed by atoms with Gasteiger partial charge < -0.3 is 10.4 Å². The number of pyridine rings is 1. The van der Waals surface area contributed by atoms with Gasteiger partial charge in [-0.2, -0.15) is 0 Å². The molecule has 1 aromatic carbocycles. The van der Waals surface area contributed by atoms with E-state index in [9.17, 15) is 9.90 Å². The Hall–Kier alpha value is -1.85. The minimum absolute atomic E-state index is 0.0657. The first kappa shape index (κ1) is 23.8. The molecule has 0 unspecified atom stereocenters. The van der Waals surface area contributed by atoms with Crippen LogP contribution in [0.1, 0.15) is 30.7 Å². The van der Waals surface area contributed by atoms with Gasteiger partial charge in [0.2, 0.25) is 5.91 Å². The van der Waals surface area contributed by atoms with E-state index in [1.165, 1.54) is 0 Å². The van der Waals surface area contributed by atoms with E-state index in [2.05, 4.69) is 13.8 Å². The van der Waals surface area contributed by atoms with Crippen molar-refractivity contribution >= 4 is 17.3 Å². The van der Waals surface area contributed by atoms with Gasteiger partial charge in [0.05, 0.1) is 12.6 Å². The summed E-state index contributed by atoms with van der Waals surface area (Å²) in [7, 11) is 1.93. The van der Waals surface area contributed by atoms with Gasteiger partial charge in [0.25, 0.3) is 0 Å². The van der Waals surface area contributed by atoms with E-state index in [4.69, 9.17) is 10.4 Å². The Morgan fingerprint density at radius 2 is 2.19 bits per heavy atom. The first-order chi connectivity index (χ1) is 14.9. The maximum atomic E-state index is 12.8. The third kappa shape index (κ3) is 6.11. The molecule has 0 bridgehead atoms. The van der Waals surface area contributed by atoms with Crippen molar-refractivity contribution in [1.29, 1.82) is 0 Å². The third-order valence-corrected chi connectivity index (χ3v) is 6.23. The molecule has 1 aliphatic heterocycles. The molecule has 0 spiro atoms. The van der Waals surface area contributed by atoms with Crippen molar-refractivity contribution < 1.29 is 35.9 Å². The molecule has 3 N–H and O–H groups in total. The number of hydrogen-bond acceptors (Lipinski definition) is 6. The van der Waals surface area contributed by atoms with E-state index in [0.717, 1.165) is 34.8 Å². The van der Waals surface area contributed by atoms with Crippen LogP contribution in [0.4, 0.5) is 5.69 Å². The van der Waals surface area contributed by atoms with Crippen LogP contribution >= 0.6 is 0 Å². The molecule has 1 aromatic heterocycles. The predicted octanol–water partition coefficient (Wildman–Crippen LogP) is -1.67. The van der Waals surface area contributed by atoms with Gasteiger partial charge in [-0.25, -0.2) is 0 Å². The molecule has 1 aliphatic rings. The van der Waals surface area contributed by atoms with Crippen molar-refractivity contribution in [2.75, 3.05) is 18.6 Å². The van der Waals surface area contributed by atoms with Crippen LogP contribution in [0.2, 0.25) is 0 Å². The number of amides is 1. The molecule has 0 saturated carbocycles. The van der Waals surface area contributed by atoms with Gasteiger partial charge >= 0.3 is 123 Å². The van der Waals surface area contributed by atoms with E-state index in [1.807, 2.05) is 62.3 Å². The minimum atomic E-state index is -0.436. The summed E-state index contributed by atoms with van der Waals surface area (Å²) in [6, 6.07) is 9.26. The summed E-state index contributed by atoms with van der Waals surface area (Å²) < 4.78 is 9.18. The zero-order valence-corrected chi connectivity index (χ0v) is 20.3. The van der Waals surface area contributed by atoms with Crippen LogP contribution in [-0.2, 0) is 24.4 Å². The van der Waals surface area contributed by atoms with Gasteiger partial charge in [-0.15, -0.1) is 0 Å². The van der Waals surface area contributed by atoms with Gasteiger partial charge in [0.15, 0.2) is 0 Å². The monoisotopic (exact) mass is 535 g/mol. The van der Waals surface area contributed by atoms with Crippen molar-refractivity contribution in [3.63, 3.8) is 0 Å². The van der Waals surface area contributed by atoms with Crippen LogP contribution in [-0.4, -0.2) is 47.4 Å². The van der Waals surface area contributed by atoms with Gasteiger partial charge in [0.1, 0.15) is 6.04 Å². The molecule has 31 heavy (non-hydrogen) atoms. The number of ether oxygens (including phenoxy) is 1. The van der Waals surface area contributed by atoms with Gasteiger partial charge in [0, 0.05) is 7.05 Å². The van der Waals surface area contributed by atoms with Crippen LogP contribution in [0.15, 0.2) is 36.5 Å². The number of likely N-dealkylation sites (N-methyl/N-ethyl adjacent to an activating group) is 1. The van der Waals surface area contributed by atoms with E-state index in [1.54, 1.807) is 0 Å². The van der Waals surface area contributed by atoms with Gasteiger partial charge in [-0.1, -0.05) is 13.8 Å². The number of anilines is 1. The van der Waals surface area contributed by atoms with Crippen LogP contribution in [0, 0.1) is 5.92 Å². The van der Waals surface area contributed by atoms with Crippen LogP contribution in [0.25, 0.3) is 0 Å². The molecule has 2 radical (unpaired) electrons. The Labute approximate surface area is 195 Å². The number of nitrogens with zero attached hydrogens (tertiary/aromatic N) is 2. The predicted molar refractivity (Wildman–Crippen MR) is 117 cm³/mol. The fraction of sp³-hybridized carbons (Fsp3) is 0.455. The van der Waals surface area contributed by atoms with E-state index < -0.39 is 21.3 Å². The number of aliphatic hydroxyl groups excluding tert-OH is 1. The quantitative estimate of drug-likeness (QED) is 0.213. The first-order valence-electron chi connectivity index (χ1n) is 10.3. The summed E-state index contributed by atoms with van der Waals surface area (Å²) >= 11 is -0.436. The van der Waals surface area contributed by atoms with Crippen molar-refractivity contribution in [3.8, 4) is 5.75 Å². The van der Waals surface area contributed by atoms with Gasteiger partial charge in [-0.05, 0) is 12.3 Å². The fourth-order valence-electron chi connectivity index (χ4n) is 3.84. The number of aliphatic hydroxyl groups is 1. The number of benzene rings is 1. The standard InChI is InChI=1S/C22H29BIN4O3/c1-14(2)21-22(30)27-18(12-29)8-16-5-7-19(9-20(16)28(21)3)31-13-17-6-4-15(10-25-17)11-26-24-23/h4-7,9-10,14,18,21,26,29H,8,11-13H2,1-3H3,(H,27,30)/q-1/t18-,21-/m0/s1. The van der Waals surface area contributed by atoms with Crippen LogP contribution in [0.3, 0.4) is 0 Å². The summed E-state index contributed by atoms with van der Waals surface area (Å²) in [5.41, 5.74) is 9.51. The number of carbonyl (C=O) groups is 1. The summed E-state index contributed by atoms with van der Waals surface area (Å²) in [5, 5.41) is 12.7. The Bertz CT molecular complexity index is 882. The molecule has 1 amide bonds. The SMILES string of the molecule is [B][I-]NCc1ccc(COc2ccc3c(c2)N(C)[C@@H](C(C)C)C(=O)N[C@H](CO)C3)nc1. The third-order valence-electron chi connectivity index (χ3n) is 5.41. The van der Waals surface area contributed by atoms with E-state index >= 15 is 0 Å². The van der Waals surface area contributed by atoms with E-state index in [-0.39, 0.29) is 30.5 Å². The molecule has 0 aliphatic carbocycles. The molecule has 0 saturated heterocycles. The second-order valence-electron chi connectivity index (χ2n) is 8.05. The summed E-state index contributed by atoms with van der Waals surface area (Å²) in [4.78, 5) is 19.2. The number of carbonyl (C=O) groups excluding carboxylic acids is 1. The number of nitrogens with one attached hydrogen (secondary N) is 2. The number of hydrogen-bond donors (Lipinski definition) is 3. The fourth-order valence-corrected chi connectivity index (χ4v) is 4.50. The van der Waals surface area contributed by atoms with Crippen LogP contribution in [0.5, 0.6) is 5.75 Å². The molecule has 2 aromatic rings. The zero-order chi connectivity index (χ0) is 22.4. The van der Waals surface area contributed by atoms with Gasteiger partial charge in [-0.3, -0.25) is 4.79 Å². The Balaban J connectivity index is 1.78. The summed E-state index contributed by atoms with van der Waals surface area (Å²) in [6.45, 7) is 5.04. The molecule has 2 heterocycles. The molecular formula is C22H29BIN4O3-. The van der Waals surface area contributed by atoms with E-state index in [0.29, 0.717) is 13.0 Å². The molecule has 2 atom stereocenters. The summed E-state index contributed by atoms with van der Waals surface area (Å²) in [5.74, 6) is 0.762. The molecule has 0 fully saturated rings. The first-order valence-corrected chi connectivity index (χ1v) is 12.6. The maximum absolute atomic E-state index is 12.8. The number of halogens is 1. The Morgan fingerprint density at radius 3 is 2.84 bits per heavy atom. The van der Waals surface area contributed by atoms with Crippen LogP contribution < -0.4 is 39.7 Å². The van der Waals surface area contributed by atoms with Crippen molar-refractivity contribution in [3.05, 3.63) is 53.3 Å². The average molecular weight is 535 g/mol. The summed E-state index contributed by atoms with van der Waals surface area (Å²) in [6.07, 6.45) is 2.40. The number of aromatic nitrogens is 1.